The van der Waals surface area contributed by atoms with Crippen molar-refractivity contribution in [2.24, 2.45) is 0 Å². The first-order valence-corrected chi connectivity index (χ1v) is 4.61. The normalized spacial score (nSPS) is 11.3. The fourth-order valence-electron chi connectivity index (χ4n) is 0.824. The molecular formula is C8H7BrF3NO2. The number of hydrogen-bond acceptors (Lipinski definition) is 3. The molecule has 0 radical (unpaired) electrons. The lowest BCUT2D eigenvalue weighted by Gasteiger charge is -2.11. The third kappa shape index (κ3) is 3.94. The molecule has 84 valence electrons. The summed E-state index contributed by atoms with van der Waals surface area (Å²) in [6.45, 7) is -1.37. The lowest BCUT2D eigenvalue weighted by atomic mass is 10.4. The quantitative estimate of drug-likeness (QED) is 0.856. The molecule has 7 heteroatoms. The Balaban J connectivity index is 2.79. The molecule has 1 aromatic rings. The lowest BCUT2D eigenvalue weighted by Crippen LogP contribution is -2.19. The molecule has 0 bridgehead atoms. The Morgan fingerprint density at radius 2 is 2.13 bits per heavy atom. The number of methoxy groups -OCH3 is 1. The largest absolute Gasteiger partial charge is 0.478 e. The molecule has 0 atom stereocenters. The van der Waals surface area contributed by atoms with Crippen molar-refractivity contribution in [3.05, 3.63) is 16.7 Å². The second-order valence-corrected chi connectivity index (χ2v) is 3.48. The highest BCUT2D eigenvalue weighted by Crippen LogP contribution is 2.28. The average Bonchev–Trinajstić information content (AvgIpc) is 2.14. The zero-order valence-electron chi connectivity index (χ0n) is 7.64. The number of nitrogens with zero attached hydrogens (tertiary/aromatic N) is 1. The van der Waals surface area contributed by atoms with Crippen LogP contribution >= 0.6 is 15.9 Å². The summed E-state index contributed by atoms with van der Waals surface area (Å²) < 4.78 is 45.4. The molecule has 1 aromatic heterocycles. The zero-order chi connectivity index (χ0) is 11.5. The summed E-state index contributed by atoms with van der Waals surface area (Å²) >= 11 is 3.07. The van der Waals surface area contributed by atoms with Crippen molar-refractivity contribution in [2.75, 3.05) is 13.7 Å². The molecule has 0 saturated heterocycles. The first-order valence-electron chi connectivity index (χ1n) is 3.81. The molecule has 0 saturated carbocycles. The highest BCUT2D eigenvalue weighted by atomic mass is 79.9. The van der Waals surface area contributed by atoms with Crippen molar-refractivity contribution in [1.82, 2.24) is 4.98 Å². The topological polar surface area (TPSA) is 31.4 Å². The third-order valence-electron chi connectivity index (χ3n) is 1.37. The van der Waals surface area contributed by atoms with Gasteiger partial charge in [0.15, 0.2) is 12.4 Å². The van der Waals surface area contributed by atoms with E-state index in [9.17, 15) is 13.2 Å². The minimum absolute atomic E-state index is 0.0162. The first-order chi connectivity index (χ1) is 6.92. The second kappa shape index (κ2) is 4.69. The maximum absolute atomic E-state index is 11.9. The predicted molar refractivity (Wildman–Crippen MR) is 50.0 cm³/mol. The fraction of sp³-hybridized carbons (Fsp3) is 0.375. The number of ether oxygens (including phenoxy) is 2. The van der Waals surface area contributed by atoms with Gasteiger partial charge in [-0.15, -0.1) is 0 Å². The zero-order valence-corrected chi connectivity index (χ0v) is 9.22. The number of halogens is 4. The van der Waals surface area contributed by atoms with Crippen molar-refractivity contribution < 1.29 is 22.6 Å². The molecule has 0 aromatic carbocycles. The SMILES string of the molecule is COc1ncc(Br)cc1OCC(F)(F)F. The Labute approximate surface area is 92.3 Å². The number of rotatable bonds is 3. The Bertz CT molecular complexity index is 343. The van der Waals surface area contributed by atoms with E-state index in [0.717, 1.165) is 0 Å². The number of pyridine rings is 1. The highest BCUT2D eigenvalue weighted by molar-refractivity contribution is 9.10. The van der Waals surface area contributed by atoms with Crippen LogP contribution in [0.2, 0.25) is 0 Å². The van der Waals surface area contributed by atoms with Crippen molar-refractivity contribution in [2.45, 2.75) is 6.18 Å². The van der Waals surface area contributed by atoms with Gasteiger partial charge < -0.3 is 9.47 Å². The molecule has 3 nitrogen and oxygen atoms in total. The van der Waals surface area contributed by atoms with Crippen molar-refractivity contribution in [3.8, 4) is 11.6 Å². The van der Waals surface area contributed by atoms with E-state index in [0.29, 0.717) is 4.47 Å². The van der Waals surface area contributed by atoms with E-state index in [2.05, 4.69) is 25.7 Å². The van der Waals surface area contributed by atoms with Crippen LogP contribution in [0.4, 0.5) is 13.2 Å². The van der Waals surface area contributed by atoms with Crippen LogP contribution in [0.3, 0.4) is 0 Å². The monoisotopic (exact) mass is 285 g/mol. The molecule has 0 N–H and O–H groups in total. The number of aromatic nitrogens is 1. The van der Waals surface area contributed by atoms with Crippen molar-refractivity contribution in [3.63, 3.8) is 0 Å². The molecule has 0 aliphatic heterocycles. The molecule has 15 heavy (non-hydrogen) atoms. The van der Waals surface area contributed by atoms with Crippen LogP contribution in [0.15, 0.2) is 16.7 Å². The summed E-state index contributed by atoms with van der Waals surface area (Å²) in [4.78, 5) is 3.74. The van der Waals surface area contributed by atoms with E-state index in [1.165, 1.54) is 19.4 Å². The molecule has 0 aliphatic rings. The average molecular weight is 286 g/mol. The third-order valence-corrected chi connectivity index (χ3v) is 1.80. The molecule has 0 amide bonds. The summed E-state index contributed by atoms with van der Waals surface area (Å²) in [5, 5.41) is 0. The first kappa shape index (κ1) is 12.1. The van der Waals surface area contributed by atoms with Gasteiger partial charge in [-0.2, -0.15) is 13.2 Å². The molecule has 0 spiro atoms. The summed E-state index contributed by atoms with van der Waals surface area (Å²) in [7, 11) is 1.30. The van der Waals surface area contributed by atoms with Crippen LogP contribution in [0.1, 0.15) is 0 Å². The summed E-state index contributed by atoms with van der Waals surface area (Å²) in [6, 6.07) is 1.36. The Morgan fingerprint density at radius 3 is 2.67 bits per heavy atom. The summed E-state index contributed by atoms with van der Waals surface area (Å²) in [5.41, 5.74) is 0. The maximum atomic E-state index is 11.9. The van der Waals surface area contributed by atoms with E-state index in [-0.39, 0.29) is 11.6 Å². The van der Waals surface area contributed by atoms with Crippen molar-refractivity contribution >= 4 is 15.9 Å². The van der Waals surface area contributed by atoms with Crippen LogP contribution in [0.5, 0.6) is 11.6 Å². The predicted octanol–water partition coefficient (Wildman–Crippen LogP) is 2.79. The van der Waals surface area contributed by atoms with Gasteiger partial charge in [0, 0.05) is 16.7 Å². The van der Waals surface area contributed by atoms with Gasteiger partial charge in [0.05, 0.1) is 7.11 Å². The van der Waals surface area contributed by atoms with Crippen LogP contribution in [-0.4, -0.2) is 24.9 Å². The standard InChI is InChI=1S/C8H7BrF3NO2/c1-14-7-6(2-5(9)3-13-7)15-4-8(10,11)12/h2-3H,4H2,1H3. The van der Waals surface area contributed by atoms with Gasteiger partial charge in [0.1, 0.15) is 0 Å². The Kier molecular flexibility index (Phi) is 3.78. The highest BCUT2D eigenvalue weighted by Gasteiger charge is 2.29. The van der Waals surface area contributed by atoms with Gasteiger partial charge in [-0.1, -0.05) is 0 Å². The Morgan fingerprint density at radius 1 is 1.47 bits per heavy atom. The molecule has 1 rings (SSSR count). The smallest absolute Gasteiger partial charge is 0.422 e. The van der Waals surface area contributed by atoms with Gasteiger partial charge in [-0.05, 0) is 15.9 Å². The van der Waals surface area contributed by atoms with Gasteiger partial charge in [-0.25, -0.2) is 4.98 Å². The maximum Gasteiger partial charge on any atom is 0.422 e. The molecule has 0 unspecified atom stereocenters. The van der Waals surface area contributed by atoms with E-state index < -0.39 is 12.8 Å². The number of hydrogen-bond donors (Lipinski definition) is 0. The van der Waals surface area contributed by atoms with E-state index in [4.69, 9.17) is 4.74 Å². The van der Waals surface area contributed by atoms with Crippen LogP contribution in [0, 0.1) is 0 Å². The molecule has 0 aliphatic carbocycles. The van der Waals surface area contributed by atoms with Crippen LogP contribution < -0.4 is 9.47 Å². The fourth-order valence-corrected chi connectivity index (χ4v) is 1.13. The van der Waals surface area contributed by atoms with Crippen molar-refractivity contribution in [1.29, 1.82) is 0 Å². The summed E-state index contributed by atoms with van der Waals surface area (Å²) in [6.07, 6.45) is -2.98. The molecular weight excluding hydrogens is 279 g/mol. The van der Waals surface area contributed by atoms with Gasteiger partial charge in [-0.3, -0.25) is 0 Å². The van der Waals surface area contributed by atoms with E-state index >= 15 is 0 Å². The minimum Gasteiger partial charge on any atom is -0.478 e. The van der Waals surface area contributed by atoms with Crippen LogP contribution in [0.25, 0.3) is 0 Å². The second-order valence-electron chi connectivity index (χ2n) is 2.56. The molecule has 0 fully saturated rings. The van der Waals surface area contributed by atoms with Crippen LogP contribution in [-0.2, 0) is 0 Å². The minimum atomic E-state index is -4.38. The Hall–Kier alpha value is -0.980. The number of alkyl halides is 3. The summed E-state index contributed by atoms with van der Waals surface area (Å²) in [5.74, 6) is -0.0355. The van der Waals surface area contributed by atoms with Gasteiger partial charge in [0.25, 0.3) is 5.88 Å². The van der Waals surface area contributed by atoms with E-state index in [1.54, 1.807) is 0 Å². The van der Waals surface area contributed by atoms with Gasteiger partial charge in [0.2, 0.25) is 0 Å². The van der Waals surface area contributed by atoms with Gasteiger partial charge >= 0.3 is 6.18 Å². The van der Waals surface area contributed by atoms with E-state index in [1.807, 2.05) is 0 Å². The molecule has 1 heterocycles. The lowest BCUT2D eigenvalue weighted by molar-refractivity contribution is -0.153.